The molecule has 2 aliphatic rings. The van der Waals surface area contributed by atoms with Gasteiger partial charge in [-0.3, -0.25) is 14.5 Å². The lowest BCUT2D eigenvalue weighted by molar-refractivity contribution is -0.124. The predicted molar refractivity (Wildman–Crippen MR) is 149 cm³/mol. The van der Waals surface area contributed by atoms with Crippen molar-refractivity contribution in [2.24, 2.45) is 5.92 Å². The van der Waals surface area contributed by atoms with E-state index in [4.69, 9.17) is 21.7 Å². The van der Waals surface area contributed by atoms with Crippen LogP contribution in [0.2, 0.25) is 0 Å². The zero-order valence-electron chi connectivity index (χ0n) is 21.8. The molecule has 9 heteroatoms. The van der Waals surface area contributed by atoms with Crippen LogP contribution in [0.1, 0.15) is 33.1 Å². The van der Waals surface area contributed by atoms with E-state index in [9.17, 15) is 9.59 Å². The second-order valence-corrected chi connectivity index (χ2v) is 9.97. The molecule has 2 amide bonds. The second-order valence-electron chi connectivity index (χ2n) is 9.60. The molecule has 0 saturated carbocycles. The number of benzene rings is 2. The number of hydrogen-bond donors (Lipinski definition) is 1. The van der Waals surface area contributed by atoms with E-state index in [1.165, 1.54) is 17.7 Å². The Kier molecular flexibility index (Phi) is 9.00. The van der Waals surface area contributed by atoms with Crippen LogP contribution in [0.25, 0.3) is 0 Å². The number of carbonyl (C=O) groups excluding carboxylic acids is 2. The summed E-state index contributed by atoms with van der Waals surface area (Å²) in [5, 5.41) is 3.33. The molecule has 0 aromatic heterocycles. The van der Waals surface area contributed by atoms with Gasteiger partial charge in [0.2, 0.25) is 5.91 Å². The number of anilines is 2. The third-order valence-corrected chi connectivity index (χ3v) is 7.41. The van der Waals surface area contributed by atoms with Crippen molar-refractivity contribution in [2.45, 2.75) is 39.2 Å². The number of piperidine rings is 1. The third-order valence-electron chi connectivity index (χ3n) is 6.99. The highest BCUT2D eigenvalue weighted by atomic mass is 32.1. The van der Waals surface area contributed by atoms with Crippen LogP contribution in [-0.2, 0) is 9.59 Å². The van der Waals surface area contributed by atoms with Gasteiger partial charge in [-0.15, -0.1) is 0 Å². The number of likely N-dealkylation sites (tertiary alicyclic amines) is 1. The normalized spacial score (nSPS) is 18.8. The van der Waals surface area contributed by atoms with E-state index in [0.29, 0.717) is 35.4 Å². The van der Waals surface area contributed by atoms with Crippen LogP contribution in [0.5, 0.6) is 11.5 Å². The van der Waals surface area contributed by atoms with E-state index < -0.39 is 6.04 Å². The molecule has 2 aliphatic heterocycles. The topological polar surface area (TPSA) is 74.3 Å². The van der Waals surface area contributed by atoms with E-state index >= 15 is 0 Å². The number of rotatable bonds is 10. The quantitative estimate of drug-likeness (QED) is 0.468. The van der Waals surface area contributed by atoms with E-state index in [0.717, 1.165) is 31.3 Å². The Balaban J connectivity index is 1.49. The van der Waals surface area contributed by atoms with Gasteiger partial charge in [-0.25, -0.2) is 0 Å². The Morgan fingerprint density at radius 2 is 1.81 bits per heavy atom. The van der Waals surface area contributed by atoms with Crippen molar-refractivity contribution in [3.05, 3.63) is 48.5 Å². The molecule has 2 fully saturated rings. The minimum Gasteiger partial charge on any atom is -0.497 e. The summed E-state index contributed by atoms with van der Waals surface area (Å²) < 4.78 is 10.8. The van der Waals surface area contributed by atoms with Gasteiger partial charge in [0.25, 0.3) is 5.91 Å². The van der Waals surface area contributed by atoms with E-state index in [-0.39, 0.29) is 18.2 Å². The van der Waals surface area contributed by atoms with Crippen LogP contribution < -0.4 is 19.7 Å². The van der Waals surface area contributed by atoms with Crippen LogP contribution in [0.4, 0.5) is 11.4 Å². The Labute approximate surface area is 224 Å². The average Bonchev–Trinajstić information content (AvgIpc) is 3.13. The zero-order valence-corrected chi connectivity index (χ0v) is 22.6. The summed E-state index contributed by atoms with van der Waals surface area (Å²) in [6.45, 7) is 8.24. The Morgan fingerprint density at radius 1 is 1.08 bits per heavy atom. The molecular formula is C28H36N4O4S. The standard InChI is InChI=1S/C28H36N4O4S/c1-4-36-23-10-8-21(9-11-23)29-26(33)19-25-27(34)32(22-6-5-7-24(18-22)35-3)28(37)31(25)17-16-30-14-12-20(2)13-15-30/h5-11,18,20,25H,4,12-17,19H2,1-3H3,(H,29,33)/t25-/m1/s1. The first-order valence-corrected chi connectivity index (χ1v) is 13.3. The number of hydrogen-bond acceptors (Lipinski definition) is 6. The summed E-state index contributed by atoms with van der Waals surface area (Å²) >= 11 is 5.81. The maximum absolute atomic E-state index is 13.7. The monoisotopic (exact) mass is 524 g/mol. The number of ether oxygens (including phenoxy) is 2. The molecular weight excluding hydrogens is 488 g/mol. The highest BCUT2D eigenvalue weighted by Gasteiger charge is 2.44. The molecule has 198 valence electrons. The van der Waals surface area contributed by atoms with Crippen molar-refractivity contribution in [3.8, 4) is 11.5 Å². The van der Waals surface area contributed by atoms with Gasteiger partial charge in [0.1, 0.15) is 17.5 Å². The first-order valence-electron chi connectivity index (χ1n) is 12.9. The van der Waals surface area contributed by atoms with Crippen LogP contribution in [-0.4, -0.2) is 72.7 Å². The van der Waals surface area contributed by atoms with Gasteiger partial charge in [0, 0.05) is 24.8 Å². The molecule has 0 unspecified atom stereocenters. The van der Waals surface area contributed by atoms with Gasteiger partial charge in [-0.1, -0.05) is 13.0 Å². The van der Waals surface area contributed by atoms with Crippen molar-refractivity contribution < 1.29 is 19.1 Å². The summed E-state index contributed by atoms with van der Waals surface area (Å²) in [6, 6.07) is 13.8. The highest BCUT2D eigenvalue weighted by molar-refractivity contribution is 7.80. The number of thiocarbonyl (C=S) groups is 1. The molecule has 2 heterocycles. The number of nitrogens with zero attached hydrogens (tertiary/aromatic N) is 3. The number of nitrogens with one attached hydrogen (secondary N) is 1. The van der Waals surface area contributed by atoms with Gasteiger partial charge >= 0.3 is 0 Å². The molecule has 8 nitrogen and oxygen atoms in total. The third kappa shape index (κ3) is 6.59. The molecule has 2 saturated heterocycles. The zero-order chi connectivity index (χ0) is 26.4. The SMILES string of the molecule is CCOc1ccc(NC(=O)C[C@@H]2C(=O)N(c3cccc(OC)c3)C(=S)N2CCN2CCC(C)CC2)cc1. The van der Waals surface area contributed by atoms with Gasteiger partial charge in [-0.2, -0.15) is 0 Å². The molecule has 4 rings (SSSR count). The van der Waals surface area contributed by atoms with Gasteiger partial charge in [0.15, 0.2) is 5.11 Å². The molecule has 0 radical (unpaired) electrons. The van der Waals surface area contributed by atoms with Crippen LogP contribution in [0.15, 0.2) is 48.5 Å². The van der Waals surface area contributed by atoms with E-state index in [1.54, 1.807) is 25.3 Å². The number of carbonyl (C=O) groups is 2. The largest absolute Gasteiger partial charge is 0.497 e. The highest BCUT2D eigenvalue weighted by Crippen LogP contribution is 2.30. The summed E-state index contributed by atoms with van der Waals surface area (Å²) in [4.78, 5) is 32.6. The lowest BCUT2D eigenvalue weighted by Crippen LogP contribution is -2.44. The molecule has 2 aromatic carbocycles. The predicted octanol–water partition coefficient (Wildman–Crippen LogP) is 4.16. The fourth-order valence-electron chi connectivity index (χ4n) is 4.80. The average molecular weight is 525 g/mol. The fourth-order valence-corrected chi connectivity index (χ4v) is 5.21. The first-order chi connectivity index (χ1) is 17.9. The van der Waals surface area contributed by atoms with Crippen molar-refractivity contribution >= 4 is 40.5 Å². The maximum Gasteiger partial charge on any atom is 0.256 e. The molecule has 0 bridgehead atoms. The van der Waals surface area contributed by atoms with Gasteiger partial charge < -0.3 is 24.6 Å². The minimum absolute atomic E-state index is 0.00366. The minimum atomic E-state index is -0.676. The van der Waals surface area contributed by atoms with Crippen molar-refractivity contribution in [1.82, 2.24) is 9.80 Å². The summed E-state index contributed by atoms with van der Waals surface area (Å²) in [7, 11) is 1.59. The van der Waals surface area contributed by atoms with Crippen molar-refractivity contribution in [1.29, 1.82) is 0 Å². The van der Waals surface area contributed by atoms with Crippen LogP contribution in [0, 0.1) is 5.92 Å². The van der Waals surface area contributed by atoms with Crippen LogP contribution >= 0.6 is 12.2 Å². The molecule has 1 atom stereocenters. The van der Waals surface area contributed by atoms with E-state index in [2.05, 4.69) is 17.1 Å². The Bertz CT molecular complexity index is 1100. The van der Waals surface area contributed by atoms with Crippen molar-refractivity contribution in [2.75, 3.05) is 50.1 Å². The lowest BCUT2D eigenvalue weighted by Gasteiger charge is -2.32. The molecule has 0 aliphatic carbocycles. The lowest BCUT2D eigenvalue weighted by atomic mass is 9.99. The van der Waals surface area contributed by atoms with Gasteiger partial charge in [0.05, 0.1) is 25.8 Å². The maximum atomic E-state index is 13.7. The van der Waals surface area contributed by atoms with Crippen LogP contribution in [0.3, 0.4) is 0 Å². The smallest absolute Gasteiger partial charge is 0.256 e. The van der Waals surface area contributed by atoms with Crippen molar-refractivity contribution in [3.63, 3.8) is 0 Å². The summed E-state index contributed by atoms with van der Waals surface area (Å²) in [5.74, 6) is 1.68. The molecule has 37 heavy (non-hydrogen) atoms. The molecule has 2 aromatic rings. The summed E-state index contributed by atoms with van der Waals surface area (Å²) in [6.07, 6.45) is 2.35. The second kappa shape index (κ2) is 12.4. The Hall–Kier alpha value is -3.17. The van der Waals surface area contributed by atoms with Gasteiger partial charge in [-0.05, 0) is 87.4 Å². The fraction of sp³-hybridized carbons (Fsp3) is 0.464. The van der Waals surface area contributed by atoms with E-state index in [1.807, 2.05) is 42.2 Å². The number of methoxy groups -OCH3 is 1. The molecule has 1 N–H and O–H groups in total. The summed E-state index contributed by atoms with van der Waals surface area (Å²) in [5.41, 5.74) is 1.29. The Morgan fingerprint density at radius 3 is 2.49 bits per heavy atom. The number of amides is 2. The molecule has 0 spiro atoms. The first kappa shape index (κ1) is 26.9.